The molecule has 1 saturated heterocycles. The number of likely N-dealkylation sites (tertiary alicyclic amines) is 1. The highest BCUT2D eigenvalue weighted by Gasteiger charge is 2.35. The first-order chi connectivity index (χ1) is 15.7. The van der Waals surface area contributed by atoms with Gasteiger partial charge in [0.15, 0.2) is 5.82 Å². The van der Waals surface area contributed by atoms with Crippen LogP contribution in [0.1, 0.15) is 19.8 Å². The average molecular weight is 470 g/mol. The topological polar surface area (TPSA) is 132 Å². The molecule has 1 aliphatic heterocycles. The number of aliphatic imine (C=N–C) groups is 1. The number of allylic oxidation sites excluding steroid dienone is 2. The first-order valence-corrected chi connectivity index (χ1v) is 10.8. The summed E-state index contributed by atoms with van der Waals surface area (Å²) in [6.07, 6.45) is 11.0. The van der Waals surface area contributed by atoms with Gasteiger partial charge in [0.2, 0.25) is 5.91 Å². The van der Waals surface area contributed by atoms with Crippen LogP contribution in [0.3, 0.4) is 0 Å². The highest BCUT2D eigenvalue weighted by atomic mass is 32.1. The van der Waals surface area contributed by atoms with Gasteiger partial charge in [-0.15, -0.1) is 0 Å². The maximum absolute atomic E-state index is 12.9. The fraction of sp³-hybridized carbons (Fsp3) is 0.318. The van der Waals surface area contributed by atoms with E-state index >= 15 is 0 Å². The average Bonchev–Trinajstić information content (AvgIpc) is 3.41. The maximum Gasteiger partial charge on any atom is 0.326 e. The maximum atomic E-state index is 12.9. The third-order valence-electron chi connectivity index (χ3n) is 5.37. The Balaban J connectivity index is 1.88. The molecule has 2 unspecified atom stereocenters. The van der Waals surface area contributed by atoms with Crippen molar-refractivity contribution in [2.75, 3.05) is 6.54 Å². The predicted octanol–water partition coefficient (Wildman–Crippen LogP) is 2.45. The van der Waals surface area contributed by atoms with Crippen molar-refractivity contribution in [2.24, 2.45) is 23.7 Å². The Hall–Kier alpha value is -3.60. The third-order valence-corrected chi connectivity index (χ3v) is 5.55. The molecule has 1 amide bonds. The molecule has 1 fully saturated rings. The molecule has 2 aromatic rings. The van der Waals surface area contributed by atoms with E-state index in [0.717, 1.165) is 11.1 Å². The quantitative estimate of drug-likeness (QED) is 0.247. The normalized spacial score (nSPS) is 19.5. The third kappa shape index (κ3) is 5.43. The summed E-state index contributed by atoms with van der Waals surface area (Å²) >= 11 is 3.98. The Kier molecular flexibility index (Phi) is 7.54. The SMILES string of the molecule is C=C(N)n1ncc(-c2cnn(C)c2)c1/N=C/C1CCC(C(=O)O)N(C(=O)/C(C)=C/C=C\S)C1. The lowest BCUT2D eigenvalue weighted by Crippen LogP contribution is -2.51. The minimum atomic E-state index is -1.02. The lowest BCUT2D eigenvalue weighted by atomic mass is 9.92. The molecule has 11 heteroatoms. The van der Waals surface area contributed by atoms with Crippen LogP contribution in [0, 0.1) is 5.92 Å². The van der Waals surface area contributed by atoms with Gasteiger partial charge in [-0.25, -0.2) is 9.79 Å². The van der Waals surface area contributed by atoms with E-state index < -0.39 is 12.0 Å². The molecule has 2 atom stereocenters. The van der Waals surface area contributed by atoms with Crippen LogP contribution in [0.15, 0.2) is 53.3 Å². The molecule has 3 rings (SSSR count). The van der Waals surface area contributed by atoms with Crippen LogP contribution in [0.5, 0.6) is 0 Å². The second-order valence-corrected chi connectivity index (χ2v) is 8.10. The summed E-state index contributed by atoms with van der Waals surface area (Å²) in [5.74, 6) is -0.796. The van der Waals surface area contributed by atoms with Gasteiger partial charge in [0.05, 0.1) is 12.4 Å². The van der Waals surface area contributed by atoms with Crippen molar-refractivity contribution in [3.63, 3.8) is 0 Å². The van der Waals surface area contributed by atoms with E-state index in [9.17, 15) is 14.7 Å². The Morgan fingerprint density at radius 2 is 2.09 bits per heavy atom. The first-order valence-electron chi connectivity index (χ1n) is 10.3. The van der Waals surface area contributed by atoms with Crippen molar-refractivity contribution in [3.05, 3.63) is 48.3 Å². The van der Waals surface area contributed by atoms with Gasteiger partial charge in [-0.05, 0) is 25.2 Å². The van der Waals surface area contributed by atoms with E-state index in [1.807, 2.05) is 13.2 Å². The van der Waals surface area contributed by atoms with Crippen LogP contribution in [0.2, 0.25) is 0 Å². The number of hydrogen-bond donors (Lipinski definition) is 3. The summed E-state index contributed by atoms with van der Waals surface area (Å²) < 4.78 is 3.11. The minimum Gasteiger partial charge on any atom is -0.480 e. The molecule has 0 aromatic carbocycles. The van der Waals surface area contributed by atoms with Crippen molar-refractivity contribution in [1.29, 1.82) is 0 Å². The molecule has 0 spiro atoms. The molecule has 1 aliphatic rings. The molecule has 33 heavy (non-hydrogen) atoms. The molecular weight excluding hydrogens is 442 g/mol. The zero-order valence-electron chi connectivity index (χ0n) is 18.5. The van der Waals surface area contributed by atoms with E-state index in [4.69, 9.17) is 5.73 Å². The van der Waals surface area contributed by atoms with Crippen LogP contribution < -0.4 is 5.73 Å². The summed E-state index contributed by atoms with van der Waals surface area (Å²) in [7, 11) is 1.81. The number of hydrogen-bond acceptors (Lipinski definition) is 7. The zero-order chi connectivity index (χ0) is 24.1. The molecule has 2 aromatic heterocycles. The molecule has 0 saturated carbocycles. The fourth-order valence-corrected chi connectivity index (χ4v) is 3.79. The molecule has 3 heterocycles. The number of aliphatic carboxylic acids is 1. The summed E-state index contributed by atoms with van der Waals surface area (Å²) in [6, 6.07) is -0.884. The van der Waals surface area contributed by atoms with Crippen molar-refractivity contribution in [3.8, 4) is 11.1 Å². The molecule has 0 aliphatic carbocycles. The van der Waals surface area contributed by atoms with Gasteiger partial charge in [0.1, 0.15) is 11.9 Å². The number of carboxylic acids is 1. The molecular formula is C22H27N7O3S. The summed E-state index contributed by atoms with van der Waals surface area (Å²) in [6.45, 7) is 5.63. The number of aryl methyl sites for hydroxylation is 1. The largest absolute Gasteiger partial charge is 0.480 e. The summed E-state index contributed by atoms with van der Waals surface area (Å²) in [5, 5.41) is 19.6. The Morgan fingerprint density at radius 1 is 1.33 bits per heavy atom. The number of rotatable bonds is 7. The van der Waals surface area contributed by atoms with Crippen molar-refractivity contribution < 1.29 is 14.7 Å². The van der Waals surface area contributed by atoms with Gasteiger partial charge in [-0.2, -0.15) is 27.5 Å². The minimum absolute atomic E-state index is 0.145. The van der Waals surface area contributed by atoms with Crippen molar-refractivity contribution >= 4 is 42.4 Å². The second kappa shape index (κ2) is 10.3. The van der Waals surface area contributed by atoms with E-state index in [1.165, 1.54) is 15.0 Å². The molecule has 10 nitrogen and oxygen atoms in total. The van der Waals surface area contributed by atoms with E-state index in [-0.39, 0.29) is 24.2 Å². The number of carbonyl (C=O) groups excluding carboxylic acids is 1. The first kappa shape index (κ1) is 24.1. The molecule has 174 valence electrons. The highest BCUT2D eigenvalue weighted by Crippen LogP contribution is 2.31. The number of nitrogens with zero attached hydrogens (tertiary/aromatic N) is 6. The summed E-state index contributed by atoms with van der Waals surface area (Å²) in [5.41, 5.74) is 7.87. The van der Waals surface area contributed by atoms with Gasteiger partial charge in [0, 0.05) is 48.6 Å². The Morgan fingerprint density at radius 3 is 2.70 bits per heavy atom. The number of aromatic nitrogens is 4. The molecule has 0 bridgehead atoms. The van der Waals surface area contributed by atoms with Crippen LogP contribution in [-0.4, -0.2) is 60.2 Å². The van der Waals surface area contributed by atoms with Crippen LogP contribution in [-0.2, 0) is 16.6 Å². The van der Waals surface area contributed by atoms with Gasteiger partial charge in [0.25, 0.3) is 0 Å². The van der Waals surface area contributed by atoms with E-state index in [1.54, 1.807) is 42.4 Å². The smallest absolute Gasteiger partial charge is 0.326 e. The van der Waals surface area contributed by atoms with Crippen LogP contribution in [0.25, 0.3) is 16.9 Å². The van der Waals surface area contributed by atoms with Crippen molar-refractivity contribution in [1.82, 2.24) is 24.5 Å². The Bertz CT molecular complexity index is 1140. The number of carbonyl (C=O) groups is 2. The fourth-order valence-electron chi connectivity index (χ4n) is 3.70. The van der Waals surface area contributed by atoms with Gasteiger partial charge in [-0.1, -0.05) is 18.7 Å². The number of amides is 1. The van der Waals surface area contributed by atoms with Gasteiger partial charge in [-0.3, -0.25) is 9.48 Å². The standard InChI is InChI=1S/C22H27N7O3S/c1-14(5-4-8-33)21(30)28-12-16(6-7-19(28)22(31)32)9-24-20-18(11-26-29(20)15(2)23)17-10-25-27(3)13-17/h4-5,8-11,13,16,19,33H,2,6-7,12,23H2,1,3H3,(H,31,32)/b8-4-,14-5+,24-9+. The Labute approximate surface area is 197 Å². The van der Waals surface area contributed by atoms with Crippen LogP contribution in [0.4, 0.5) is 5.82 Å². The van der Waals surface area contributed by atoms with Gasteiger partial charge < -0.3 is 15.7 Å². The zero-order valence-corrected chi connectivity index (χ0v) is 19.4. The number of carboxylic acid groups (broad SMARTS) is 1. The predicted molar refractivity (Wildman–Crippen MR) is 130 cm³/mol. The highest BCUT2D eigenvalue weighted by molar-refractivity contribution is 7.83. The van der Waals surface area contributed by atoms with E-state index in [2.05, 4.69) is 34.4 Å². The van der Waals surface area contributed by atoms with Crippen LogP contribution >= 0.6 is 12.6 Å². The summed E-state index contributed by atoms with van der Waals surface area (Å²) in [4.78, 5) is 30.7. The number of piperidine rings is 1. The number of nitrogens with two attached hydrogens (primary N) is 1. The lowest BCUT2D eigenvalue weighted by Gasteiger charge is -2.36. The lowest BCUT2D eigenvalue weighted by molar-refractivity contribution is -0.151. The monoisotopic (exact) mass is 469 g/mol. The number of thiol groups is 1. The van der Waals surface area contributed by atoms with E-state index in [0.29, 0.717) is 24.2 Å². The molecule has 0 radical (unpaired) electrons. The van der Waals surface area contributed by atoms with Crippen molar-refractivity contribution in [2.45, 2.75) is 25.8 Å². The second-order valence-electron chi connectivity index (χ2n) is 7.81. The molecule has 3 N–H and O–H groups in total. The van der Waals surface area contributed by atoms with Gasteiger partial charge >= 0.3 is 5.97 Å².